The summed E-state index contributed by atoms with van der Waals surface area (Å²) in [6.07, 6.45) is -0.0702. The van der Waals surface area contributed by atoms with Gasteiger partial charge in [0.1, 0.15) is 0 Å². The van der Waals surface area contributed by atoms with Crippen LogP contribution in [0.4, 0.5) is 14.7 Å². The number of hydrogen-bond donors (Lipinski definition) is 0. The molecule has 0 saturated carbocycles. The molecule has 1 aliphatic heterocycles. The molecule has 0 N–H and O–H groups in total. The van der Waals surface area contributed by atoms with Gasteiger partial charge in [-0.15, -0.1) is 3.89 Å². The first-order valence-electron chi connectivity index (χ1n) is 6.50. The lowest BCUT2D eigenvalue weighted by Gasteiger charge is -2.11. The van der Waals surface area contributed by atoms with Gasteiger partial charge < -0.3 is 0 Å². The van der Waals surface area contributed by atoms with Crippen LogP contribution in [0.25, 0.3) is 10.2 Å². The molecule has 1 aromatic heterocycles. The van der Waals surface area contributed by atoms with Crippen LogP contribution >= 0.6 is 11.3 Å². The normalized spacial score (nSPS) is 18.7. The lowest BCUT2D eigenvalue weighted by atomic mass is 10.1. The fraction of sp³-hybridized carbons (Fsp3) is 0.333. The molecule has 1 unspecified atom stereocenters. The number of benzene rings is 1. The Bertz CT molecular complexity index is 911. The molecule has 0 bridgehead atoms. The summed E-state index contributed by atoms with van der Waals surface area (Å²) in [4.78, 5) is 27.7. The predicted molar refractivity (Wildman–Crippen MR) is 81.6 cm³/mol. The van der Waals surface area contributed by atoms with Gasteiger partial charge in [0.25, 0.3) is 5.69 Å². The Balaban J connectivity index is 1.88. The Morgan fingerprint density at radius 3 is 2.87 bits per heavy atom. The molecule has 1 aromatic carbocycles. The Morgan fingerprint density at radius 1 is 1.48 bits per heavy atom. The maximum absolute atomic E-state index is 12.8. The minimum atomic E-state index is -4.65. The number of amides is 1. The van der Waals surface area contributed by atoms with E-state index in [9.17, 15) is 27.2 Å². The number of nitro groups is 1. The highest BCUT2D eigenvalue weighted by atomic mass is 32.3. The van der Waals surface area contributed by atoms with Gasteiger partial charge in [0.15, 0.2) is 5.13 Å². The standard InChI is InChI=1S/C12H10FN3O5S2/c13-23(20,21)6-7-3-11(17)15(5-7)12-14-9-4-8(16(18)19)1-2-10(9)22-12/h1-2,4,7H,3,5-6H2. The number of rotatable bonds is 4. The van der Waals surface area contributed by atoms with E-state index >= 15 is 0 Å². The molecular formula is C12H10FN3O5S2. The van der Waals surface area contributed by atoms with E-state index in [1.807, 2.05) is 0 Å². The van der Waals surface area contributed by atoms with E-state index in [4.69, 9.17) is 0 Å². The van der Waals surface area contributed by atoms with Gasteiger partial charge in [-0.05, 0) is 6.07 Å². The number of hydrogen-bond acceptors (Lipinski definition) is 7. The minimum Gasteiger partial charge on any atom is -0.288 e. The van der Waals surface area contributed by atoms with E-state index < -0.39 is 26.8 Å². The summed E-state index contributed by atoms with van der Waals surface area (Å²) in [5.41, 5.74) is 0.275. The third-order valence-electron chi connectivity index (χ3n) is 3.44. The average molecular weight is 359 g/mol. The van der Waals surface area contributed by atoms with Gasteiger partial charge in [0.05, 0.1) is 20.9 Å². The van der Waals surface area contributed by atoms with Crippen LogP contribution in [0, 0.1) is 16.0 Å². The predicted octanol–water partition coefficient (Wildman–Crippen LogP) is 1.86. The maximum Gasteiger partial charge on any atom is 0.302 e. The van der Waals surface area contributed by atoms with Crippen LogP contribution in [0.2, 0.25) is 0 Å². The molecule has 1 atom stereocenters. The molecule has 122 valence electrons. The number of anilines is 1. The zero-order chi connectivity index (χ0) is 16.8. The third-order valence-corrected chi connectivity index (χ3v) is 5.37. The van der Waals surface area contributed by atoms with Crippen molar-refractivity contribution in [3.8, 4) is 0 Å². The summed E-state index contributed by atoms with van der Waals surface area (Å²) in [6, 6.07) is 4.19. The van der Waals surface area contributed by atoms with Gasteiger partial charge in [-0.25, -0.2) is 4.98 Å². The second-order valence-electron chi connectivity index (χ2n) is 5.19. The van der Waals surface area contributed by atoms with Crippen molar-refractivity contribution in [1.29, 1.82) is 0 Å². The fourth-order valence-electron chi connectivity index (χ4n) is 2.49. The van der Waals surface area contributed by atoms with Crippen LogP contribution < -0.4 is 4.90 Å². The zero-order valence-electron chi connectivity index (χ0n) is 11.5. The van der Waals surface area contributed by atoms with Crippen LogP contribution in [-0.4, -0.2) is 36.5 Å². The van der Waals surface area contributed by atoms with Crippen molar-refractivity contribution in [1.82, 2.24) is 4.98 Å². The Morgan fingerprint density at radius 2 is 2.22 bits per heavy atom. The first-order chi connectivity index (χ1) is 10.7. The Kier molecular flexibility index (Phi) is 3.76. The summed E-state index contributed by atoms with van der Waals surface area (Å²) in [6.45, 7) is 0.0594. The molecule has 1 saturated heterocycles. The first kappa shape index (κ1) is 15.7. The second kappa shape index (κ2) is 5.49. The number of carbonyl (C=O) groups excluding carboxylic acids is 1. The molecule has 1 amide bonds. The van der Waals surface area contributed by atoms with E-state index in [0.717, 1.165) is 0 Å². The number of fused-ring (bicyclic) bond motifs is 1. The Hall–Kier alpha value is -2.14. The number of carbonyl (C=O) groups is 1. The van der Waals surface area contributed by atoms with Gasteiger partial charge in [-0.1, -0.05) is 11.3 Å². The van der Waals surface area contributed by atoms with Gasteiger partial charge in [-0.3, -0.25) is 19.8 Å². The maximum atomic E-state index is 12.8. The highest BCUT2D eigenvalue weighted by Crippen LogP contribution is 2.34. The molecule has 23 heavy (non-hydrogen) atoms. The molecular weight excluding hydrogens is 349 g/mol. The molecule has 1 fully saturated rings. The zero-order valence-corrected chi connectivity index (χ0v) is 13.1. The lowest BCUT2D eigenvalue weighted by Crippen LogP contribution is -2.25. The topological polar surface area (TPSA) is 110 Å². The molecule has 2 heterocycles. The lowest BCUT2D eigenvalue weighted by molar-refractivity contribution is -0.384. The molecule has 0 aliphatic carbocycles. The van der Waals surface area contributed by atoms with Crippen LogP contribution in [0.1, 0.15) is 6.42 Å². The monoisotopic (exact) mass is 359 g/mol. The molecule has 1 aliphatic rings. The van der Waals surface area contributed by atoms with Crippen molar-refractivity contribution >= 4 is 48.5 Å². The van der Waals surface area contributed by atoms with Crippen molar-refractivity contribution < 1.29 is 22.0 Å². The van der Waals surface area contributed by atoms with Crippen molar-refractivity contribution in [3.05, 3.63) is 28.3 Å². The Labute approximate surface area is 133 Å². The van der Waals surface area contributed by atoms with Gasteiger partial charge in [0, 0.05) is 31.0 Å². The first-order valence-corrected chi connectivity index (χ1v) is 8.87. The molecule has 11 heteroatoms. The highest BCUT2D eigenvalue weighted by molar-refractivity contribution is 7.86. The van der Waals surface area contributed by atoms with E-state index in [-0.39, 0.29) is 24.6 Å². The average Bonchev–Trinajstić information content (AvgIpc) is 2.98. The molecule has 8 nitrogen and oxygen atoms in total. The van der Waals surface area contributed by atoms with Crippen molar-refractivity contribution in [2.45, 2.75) is 6.42 Å². The van der Waals surface area contributed by atoms with Crippen LogP contribution in [-0.2, 0) is 15.0 Å². The number of thiazole rings is 1. The van der Waals surface area contributed by atoms with Gasteiger partial charge in [0.2, 0.25) is 5.91 Å². The number of nitro benzene ring substituents is 1. The summed E-state index contributed by atoms with van der Waals surface area (Å²) in [7, 11) is -4.65. The van der Waals surface area contributed by atoms with E-state index in [0.29, 0.717) is 15.3 Å². The quantitative estimate of drug-likeness (QED) is 0.468. The fourth-order valence-corrected chi connectivity index (χ4v) is 4.25. The minimum absolute atomic E-state index is 0.0594. The summed E-state index contributed by atoms with van der Waals surface area (Å²) < 4.78 is 34.8. The van der Waals surface area contributed by atoms with E-state index in [2.05, 4.69) is 4.98 Å². The van der Waals surface area contributed by atoms with Crippen LogP contribution in [0.3, 0.4) is 0 Å². The van der Waals surface area contributed by atoms with Crippen molar-refractivity contribution in [2.24, 2.45) is 5.92 Å². The number of halogens is 1. The SMILES string of the molecule is O=C1CC(CS(=O)(=O)F)CN1c1nc2cc([N+](=O)[O-])ccc2s1. The van der Waals surface area contributed by atoms with E-state index in [1.165, 1.54) is 28.4 Å². The summed E-state index contributed by atoms with van der Waals surface area (Å²) in [5, 5.41) is 11.1. The molecule has 0 radical (unpaired) electrons. The smallest absolute Gasteiger partial charge is 0.288 e. The number of non-ortho nitro benzene ring substituents is 1. The largest absolute Gasteiger partial charge is 0.302 e. The van der Waals surface area contributed by atoms with Crippen LogP contribution in [0.5, 0.6) is 0 Å². The molecule has 3 rings (SSSR count). The van der Waals surface area contributed by atoms with Crippen molar-refractivity contribution in [3.63, 3.8) is 0 Å². The number of nitrogens with zero attached hydrogens (tertiary/aromatic N) is 3. The third kappa shape index (κ3) is 3.29. The van der Waals surface area contributed by atoms with Gasteiger partial charge in [-0.2, -0.15) is 8.42 Å². The van der Waals surface area contributed by atoms with Gasteiger partial charge >= 0.3 is 10.2 Å². The summed E-state index contributed by atoms with van der Waals surface area (Å²) in [5.74, 6) is -1.67. The summed E-state index contributed by atoms with van der Waals surface area (Å²) >= 11 is 1.17. The van der Waals surface area contributed by atoms with E-state index in [1.54, 1.807) is 6.07 Å². The molecule has 2 aromatic rings. The second-order valence-corrected chi connectivity index (χ2v) is 7.61. The highest BCUT2D eigenvalue weighted by Gasteiger charge is 2.35. The molecule has 0 spiro atoms. The number of aromatic nitrogens is 1. The van der Waals surface area contributed by atoms with Crippen LogP contribution in [0.15, 0.2) is 18.2 Å². The van der Waals surface area contributed by atoms with Crippen molar-refractivity contribution in [2.75, 3.05) is 17.2 Å².